The van der Waals surface area contributed by atoms with Gasteiger partial charge in [0.25, 0.3) is 0 Å². The zero-order chi connectivity index (χ0) is 13.7. The maximum atomic E-state index is 13.3. The van der Waals surface area contributed by atoms with E-state index in [9.17, 15) is 13.6 Å². The number of rotatable bonds is 4. The molecule has 5 heteroatoms. The van der Waals surface area contributed by atoms with E-state index >= 15 is 0 Å². The molecule has 19 heavy (non-hydrogen) atoms. The lowest BCUT2D eigenvalue weighted by Gasteiger charge is -2.08. The third-order valence-electron chi connectivity index (χ3n) is 2.43. The standard InChI is InChI=1S/C14H12F2N2O/c15-10-6-7-13(12(16)8-10)18-14(19)9-17-11-4-2-1-3-5-11/h1-8,17H,9H2,(H,18,19). The number of halogens is 2. The molecule has 0 radical (unpaired) electrons. The monoisotopic (exact) mass is 262 g/mol. The van der Waals surface area contributed by atoms with Crippen molar-refractivity contribution in [2.24, 2.45) is 0 Å². The van der Waals surface area contributed by atoms with Crippen molar-refractivity contribution in [1.29, 1.82) is 0 Å². The second-order valence-electron chi connectivity index (χ2n) is 3.89. The Bertz CT molecular complexity index is 573. The molecule has 0 bridgehead atoms. The Morgan fingerprint density at radius 2 is 1.79 bits per heavy atom. The summed E-state index contributed by atoms with van der Waals surface area (Å²) < 4.78 is 26.0. The van der Waals surface area contributed by atoms with Gasteiger partial charge in [0.1, 0.15) is 11.6 Å². The molecular formula is C14H12F2N2O. The molecule has 0 fully saturated rings. The minimum absolute atomic E-state index is 0.000823. The Balaban J connectivity index is 1.91. The van der Waals surface area contributed by atoms with Gasteiger partial charge in [-0.3, -0.25) is 4.79 Å². The van der Waals surface area contributed by atoms with Gasteiger partial charge < -0.3 is 10.6 Å². The zero-order valence-electron chi connectivity index (χ0n) is 9.99. The Hall–Kier alpha value is -2.43. The highest BCUT2D eigenvalue weighted by Gasteiger charge is 2.07. The summed E-state index contributed by atoms with van der Waals surface area (Å²) in [5, 5.41) is 5.25. The molecule has 1 amide bonds. The van der Waals surface area contributed by atoms with E-state index in [1.165, 1.54) is 6.07 Å². The summed E-state index contributed by atoms with van der Waals surface area (Å²) >= 11 is 0. The molecule has 0 saturated heterocycles. The van der Waals surface area contributed by atoms with Crippen LogP contribution in [0.4, 0.5) is 20.2 Å². The van der Waals surface area contributed by atoms with Crippen LogP contribution in [0.5, 0.6) is 0 Å². The van der Waals surface area contributed by atoms with E-state index in [0.717, 1.165) is 17.8 Å². The van der Waals surface area contributed by atoms with Crippen LogP contribution in [0.3, 0.4) is 0 Å². The quantitative estimate of drug-likeness (QED) is 0.889. The van der Waals surface area contributed by atoms with Crippen LogP contribution in [-0.2, 0) is 4.79 Å². The predicted molar refractivity (Wildman–Crippen MR) is 69.9 cm³/mol. The molecule has 0 saturated carbocycles. The minimum atomic E-state index is -0.798. The van der Waals surface area contributed by atoms with E-state index in [1.54, 1.807) is 0 Å². The fourth-order valence-electron chi connectivity index (χ4n) is 1.52. The predicted octanol–water partition coefficient (Wildman–Crippen LogP) is 3.02. The molecule has 0 atom stereocenters. The molecule has 0 aliphatic heterocycles. The van der Waals surface area contributed by atoms with Crippen LogP contribution >= 0.6 is 0 Å². The number of benzene rings is 2. The molecule has 98 valence electrons. The maximum absolute atomic E-state index is 13.3. The van der Waals surface area contributed by atoms with Crippen LogP contribution < -0.4 is 10.6 Å². The number of hydrogen-bond acceptors (Lipinski definition) is 2. The zero-order valence-corrected chi connectivity index (χ0v) is 9.99. The molecule has 0 aromatic heterocycles. The van der Waals surface area contributed by atoms with Crippen LogP contribution in [0.2, 0.25) is 0 Å². The fraction of sp³-hybridized carbons (Fsp3) is 0.0714. The summed E-state index contributed by atoms with van der Waals surface area (Å²) in [5.74, 6) is -1.89. The summed E-state index contributed by atoms with van der Waals surface area (Å²) in [6.45, 7) is 0.000823. The molecule has 0 aliphatic carbocycles. The highest BCUT2D eigenvalue weighted by atomic mass is 19.1. The summed E-state index contributed by atoms with van der Waals surface area (Å²) in [4.78, 5) is 11.6. The number of para-hydroxylation sites is 1. The number of anilines is 2. The molecular weight excluding hydrogens is 250 g/mol. The van der Waals surface area contributed by atoms with E-state index in [4.69, 9.17) is 0 Å². The van der Waals surface area contributed by atoms with Crippen molar-refractivity contribution in [3.05, 3.63) is 60.2 Å². The Kier molecular flexibility index (Phi) is 4.07. The van der Waals surface area contributed by atoms with Gasteiger partial charge >= 0.3 is 0 Å². The first kappa shape index (κ1) is 13.0. The Morgan fingerprint density at radius 3 is 2.47 bits per heavy atom. The summed E-state index contributed by atoms with van der Waals surface area (Å²) in [6, 6.07) is 12.1. The van der Waals surface area contributed by atoms with Crippen molar-refractivity contribution in [2.75, 3.05) is 17.2 Å². The smallest absolute Gasteiger partial charge is 0.243 e. The van der Waals surface area contributed by atoms with Crippen molar-refractivity contribution < 1.29 is 13.6 Å². The summed E-state index contributed by atoms with van der Waals surface area (Å²) in [6.07, 6.45) is 0. The van der Waals surface area contributed by atoms with Gasteiger partial charge in [-0.1, -0.05) is 18.2 Å². The number of amides is 1. The van der Waals surface area contributed by atoms with Gasteiger partial charge in [0.2, 0.25) is 5.91 Å². The fourth-order valence-corrected chi connectivity index (χ4v) is 1.52. The van der Waals surface area contributed by atoms with Crippen molar-refractivity contribution in [3.8, 4) is 0 Å². The van der Waals surface area contributed by atoms with E-state index in [0.29, 0.717) is 0 Å². The van der Waals surface area contributed by atoms with Gasteiger partial charge in [0.15, 0.2) is 0 Å². The van der Waals surface area contributed by atoms with Crippen LogP contribution in [0.25, 0.3) is 0 Å². The van der Waals surface area contributed by atoms with Gasteiger partial charge in [-0.2, -0.15) is 0 Å². The van der Waals surface area contributed by atoms with Crippen molar-refractivity contribution in [3.63, 3.8) is 0 Å². The third kappa shape index (κ3) is 3.77. The summed E-state index contributed by atoms with van der Waals surface area (Å²) in [7, 11) is 0. The average molecular weight is 262 g/mol. The second-order valence-corrected chi connectivity index (χ2v) is 3.89. The molecule has 2 aromatic carbocycles. The van der Waals surface area contributed by atoms with Gasteiger partial charge in [-0.05, 0) is 24.3 Å². The molecule has 2 aromatic rings. The Labute approximate surface area is 109 Å². The molecule has 2 rings (SSSR count). The average Bonchev–Trinajstić information content (AvgIpc) is 2.41. The number of carbonyl (C=O) groups excluding carboxylic acids is 1. The van der Waals surface area contributed by atoms with Crippen molar-refractivity contribution in [2.45, 2.75) is 0 Å². The molecule has 0 unspecified atom stereocenters. The Morgan fingerprint density at radius 1 is 1.05 bits per heavy atom. The SMILES string of the molecule is O=C(CNc1ccccc1)Nc1ccc(F)cc1F. The first-order valence-corrected chi connectivity index (χ1v) is 5.69. The summed E-state index contributed by atoms with van der Waals surface area (Å²) in [5.41, 5.74) is 0.749. The highest BCUT2D eigenvalue weighted by Crippen LogP contribution is 2.14. The molecule has 3 nitrogen and oxygen atoms in total. The number of nitrogens with one attached hydrogen (secondary N) is 2. The van der Waals surface area contributed by atoms with E-state index in [2.05, 4.69) is 10.6 Å². The molecule has 0 heterocycles. The van der Waals surface area contributed by atoms with Gasteiger partial charge in [-0.25, -0.2) is 8.78 Å². The lowest BCUT2D eigenvalue weighted by atomic mass is 10.3. The van der Waals surface area contributed by atoms with Gasteiger partial charge in [0, 0.05) is 11.8 Å². The van der Waals surface area contributed by atoms with E-state index < -0.39 is 17.5 Å². The largest absolute Gasteiger partial charge is 0.376 e. The number of carbonyl (C=O) groups is 1. The third-order valence-corrected chi connectivity index (χ3v) is 2.43. The first-order chi connectivity index (χ1) is 9.15. The van der Waals surface area contributed by atoms with Crippen molar-refractivity contribution >= 4 is 17.3 Å². The number of hydrogen-bond donors (Lipinski definition) is 2. The topological polar surface area (TPSA) is 41.1 Å². The van der Waals surface area contributed by atoms with Crippen molar-refractivity contribution in [1.82, 2.24) is 0 Å². The highest BCUT2D eigenvalue weighted by molar-refractivity contribution is 5.93. The van der Waals surface area contributed by atoms with E-state index in [1.807, 2.05) is 30.3 Å². The van der Waals surface area contributed by atoms with Crippen LogP contribution in [-0.4, -0.2) is 12.5 Å². The lowest BCUT2D eigenvalue weighted by molar-refractivity contribution is -0.114. The van der Waals surface area contributed by atoms with Gasteiger partial charge in [0.05, 0.1) is 12.2 Å². The van der Waals surface area contributed by atoms with E-state index in [-0.39, 0.29) is 12.2 Å². The molecule has 0 spiro atoms. The lowest BCUT2D eigenvalue weighted by Crippen LogP contribution is -2.22. The first-order valence-electron chi connectivity index (χ1n) is 5.69. The maximum Gasteiger partial charge on any atom is 0.243 e. The second kappa shape index (κ2) is 5.95. The van der Waals surface area contributed by atoms with Crippen LogP contribution in [0.15, 0.2) is 48.5 Å². The van der Waals surface area contributed by atoms with Crippen LogP contribution in [0, 0.1) is 11.6 Å². The molecule has 2 N–H and O–H groups in total. The minimum Gasteiger partial charge on any atom is -0.376 e. The van der Waals surface area contributed by atoms with Crippen LogP contribution in [0.1, 0.15) is 0 Å². The van der Waals surface area contributed by atoms with Gasteiger partial charge in [-0.15, -0.1) is 0 Å². The normalized spacial score (nSPS) is 10.0. The molecule has 0 aliphatic rings.